The van der Waals surface area contributed by atoms with Gasteiger partial charge in [0.05, 0.1) is 17.9 Å². The van der Waals surface area contributed by atoms with Crippen molar-refractivity contribution in [2.45, 2.75) is 6.92 Å². The highest BCUT2D eigenvalue weighted by Gasteiger charge is 2.13. The third-order valence-electron chi connectivity index (χ3n) is 4.05. The molecule has 0 N–H and O–H groups in total. The molecule has 0 unspecified atom stereocenters. The molecule has 4 nitrogen and oxygen atoms in total. The van der Waals surface area contributed by atoms with Gasteiger partial charge in [-0.15, -0.1) is 0 Å². The Morgan fingerprint density at radius 1 is 0.880 bits per heavy atom. The highest BCUT2D eigenvalue weighted by atomic mass is 16.5. The summed E-state index contributed by atoms with van der Waals surface area (Å²) in [4.78, 5) is 12.8. The molecule has 0 aliphatic rings. The topological polar surface area (TPSA) is 48.7 Å². The maximum Gasteiger partial charge on any atom is 0.200 e. The molecule has 0 saturated heterocycles. The summed E-state index contributed by atoms with van der Waals surface area (Å²) >= 11 is 0. The van der Waals surface area contributed by atoms with Crippen LogP contribution in [0.4, 0.5) is 0 Å². The van der Waals surface area contributed by atoms with Gasteiger partial charge in [-0.05, 0) is 48.9 Å². The minimum absolute atomic E-state index is 0.0792. The Balaban J connectivity index is 1.91. The van der Waals surface area contributed by atoms with Crippen LogP contribution in [0.2, 0.25) is 0 Å². The molecule has 0 saturated carbocycles. The van der Waals surface area contributed by atoms with Crippen molar-refractivity contribution < 1.29 is 13.9 Å². The molecule has 4 aromatic rings. The zero-order valence-corrected chi connectivity index (χ0v) is 13.9. The summed E-state index contributed by atoms with van der Waals surface area (Å²) in [5, 5.41) is 1.03. The maximum atomic E-state index is 12.8. The van der Waals surface area contributed by atoms with Crippen LogP contribution in [0.1, 0.15) is 5.56 Å². The Bertz CT molecular complexity index is 1130. The molecular weight excluding hydrogens is 316 g/mol. The van der Waals surface area contributed by atoms with Crippen molar-refractivity contribution in [3.05, 3.63) is 76.5 Å². The van der Waals surface area contributed by atoms with E-state index in [9.17, 15) is 4.79 Å². The number of hydrogen-bond acceptors (Lipinski definition) is 4. The van der Waals surface area contributed by atoms with Crippen LogP contribution < -0.4 is 14.9 Å². The number of ether oxygens (including phenoxy) is 2. The molecule has 0 spiro atoms. The van der Waals surface area contributed by atoms with Crippen molar-refractivity contribution in [1.82, 2.24) is 0 Å². The predicted octanol–water partition coefficient (Wildman–Crippen LogP) is 5.06. The van der Waals surface area contributed by atoms with Crippen LogP contribution in [0.25, 0.3) is 21.9 Å². The summed E-state index contributed by atoms with van der Waals surface area (Å²) in [6.07, 6.45) is 0. The lowest BCUT2D eigenvalue weighted by atomic mass is 10.1. The molecule has 0 atom stereocenters. The zero-order valence-electron chi connectivity index (χ0n) is 13.9. The maximum absolute atomic E-state index is 12.8. The number of aryl methyl sites for hydroxylation is 1. The fraction of sp³-hybridized carbons (Fsp3) is 0.0952. The molecule has 4 heteroatoms. The molecular formula is C21H16O4. The van der Waals surface area contributed by atoms with Crippen LogP contribution in [0.3, 0.4) is 0 Å². The van der Waals surface area contributed by atoms with E-state index in [0.717, 1.165) is 11.3 Å². The van der Waals surface area contributed by atoms with Crippen molar-refractivity contribution in [2.24, 2.45) is 0 Å². The number of methoxy groups -OCH3 is 1. The van der Waals surface area contributed by atoms with Crippen LogP contribution in [0, 0.1) is 6.92 Å². The molecule has 3 aromatic carbocycles. The van der Waals surface area contributed by atoms with Gasteiger partial charge < -0.3 is 13.9 Å². The number of hydrogen-bond donors (Lipinski definition) is 0. The Labute approximate surface area is 144 Å². The molecule has 0 amide bonds. The monoisotopic (exact) mass is 332 g/mol. The highest BCUT2D eigenvalue weighted by Crippen LogP contribution is 2.31. The molecule has 0 fully saturated rings. The van der Waals surface area contributed by atoms with E-state index >= 15 is 0 Å². The fourth-order valence-corrected chi connectivity index (χ4v) is 2.88. The Morgan fingerprint density at radius 2 is 1.68 bits per heavy atom. The third kappa shape index (κ3) is 2.72. The SMILES string of the molecule is COc1cc(C)cc2c(=O)c3ccc(Oc4ccccc4)cc3oc12. The van der Waals surface area contributed by atoms with Crippen LogP contribution in [-0.2, 0) is 0 Å². The van der Waals surface area contributed by atoms with Gasteiger partial charge in [0.15, 0.2) is 11.3 Å². The molecule has 1 heterocycles. The second-order valence-corrected chi connectivity index (χ2v) is 5.85. The second-order valence-electron chi connectivity index (χ2n) is 5.85. The second kappa shape index (κ2) is 5.98. The van der Waals surface area contributed by atoms with Crippen molar-refractivity contribution in [1.29, 1.82) is 0 Å². The van der Waals surface area contributed by atoms with E-state index in [-0.39, 0.29) is 5.43 Å². The van der Waals surface area contributed by atoms with Crippen LogP contribution in [-0.4, -0.2) is 7.11 Å². The Hall–Kier alpha value is -3.27. The lowest BCUT2D eigenvalue weighted by Crippen LogP contribution is -2.03. The number of rotatable bonds is 3. The fourth-order valence-electron chi connectivity index (χ4n) is 2.88. The van der Waals surface area contributed by atoms with Gasteiger partial charge in [0.1, 0.15) is 17.1 Å². The van der Waals surface area contributed by atoms with E-state index in [1.807, 2.05) is 49.4 Å². The smallest absolute Gasteiger partial charge is 0.200 e. The highest BCUT2D eigenvalue weighted by molar-refractivity contribution is 5.93. The van der Waals surface area contributed by atoms with E-state index in [1.54, 1.807) is 25.3 Å². The molecule has 0 bridgehead atoms. The number of benzene rings is 3. The largest absolute Gasteiger partial charge is 0.493 e. The summed E-state index contributed by atoms with van der Waals surface area (Å²) in [6, 6.07) is 18.3. The van der Waals surface area contributed by atoms with Gasteiger partial charge in [-0.2, -0.15) is 0 Å². The van der Waals surface area contributed by atoms with E-state index in [4.69, 9.17) is 13.9 Å². The van der Waals surface area contributed by atoms with E-state index in [0.29, 0.717) is 33.4 Å². The average Bonchev–Trinajstić information content (AvgIpc) is 2.63. The van der Waals surface area contributed by atoms with E-state index in [2.05, 4.69) is 0 Å². The molecule has 4 rings (SSSR count). The normalized spacial score (nSPS) is 11.0. The van der Waals surface area contributed by atoms with Crippen molar-refractivity contribution in [2.75, 3.05) is 7.11 Å². The summed E-state index contributed by atoms with van der Waals surface area (Å²) in [5.74, 6) is 1.87. The van der Waals surface area contributed by atoms with Gasteiger partial charge >= 0.3 is 0 Å². The number of para-hydroxylation sites is 1. The third-order valence-corrected chi connectivity index (χ3v) is 4.05. The lowest BCUT2D eigenvalue weighted by molar-refractivity contribution is 0.411. The molecule has 124 valence electrons. The Kier molecular flexibility index (Phi) is 3.65. The van der Waals surface area contributed by atoms with Gasteiger partial charge in [-0.1, -0.05) is 18.2 Å². The molecule has 0 aliphatic heterocycles. The Morgan fingerprint density at radius 3 is 2.44 bits per heavy atom. The van der Waals surface area contributed by atoms with Gasteiger partial charge in [0.2, 0.25) is 5.43 Å². The average molecular weight is 332 g/mol. The van der Waals surface area contributed by atoms with E-state index < -0.39 is 0 Å². The van der Waals surface area contributed by atoms with Crippen molar-refractivity contribution >= 4 is 21.9 Å². The van der Waals surface area contributed by atoms with Gasteiger partial charge in [0.25, 0.3) is 0 Å². The lowest BCUT2D eigenvalue weighted by Gasteiger charge is -2.09. The molecule has 0 aliphatic carbocycles. The van der Waals surface area contributed by atoms with Crippen LogP contribution in [0.15, 0.2) is 69.9 Å². The van der Waals surface area contributed by atoms with Crippen molar-refractivity contribution in [3.63, 3.8) is 0 Å². The minimum Gasteiger partial charge on any atom is -0.493 e. The molecule has 1 aromatic heterocycles. The summed E-state index contributed by atoms with van der Waals surface area (Å²) in [5.41, 5.74) is 1.78. The van der Waals surface area contributed by atoms with Crippen molar-refractivity contribution in [3.8, 4) is 17.2 Å². The number of fused-ring (bicyclic) bond motifs is 2. The standard InChI is InChI=1S/C21H16O4/c1-13-10-17-20(22)16-9-8-15(24-14-6-4-3-5-7-14)12-18(16)25-21(17)19(11-13)23-2/h3-12H,1-2H3. The van der Waals surface area contributed by atoms with Gasteiger partial charge in [-0.25, -0.2) is 0 Å². The summed E-state index contributed by atoms with van der Waals surface area (Å²) in [6.45, 7) is 1.92. The predicted molar refractivity (Wildman–Crippen MR) is 97.8 cm³/mol. The van der Waals surface area contributed by atoms with Gasteiger partial charge in [0, 0.05) is 6.07 Å². The zero-order chi connectivity index (χ0) is 17.4. The first kappa shape index (κ1) is 15.3. The van der Waals surface area contributed by atoms with Gasteiger partial charge in [-0.3, -0.25) is 4.79 Å². The summed E-state index contributed by atoms with van der Waals surface area (Å²) < 4.78 is 17.2. The van der Waals surface area contributed by atoms with Crippen LogP contribution in [0.5, 0.6) is 17.2 Å². The first-order chi connectivity index (χ1) is 12.2. The molecule has 25 heavy (non-hydrogen) atoms. The quantitative estimate of drug-likeness (QED) is 0.492. The summed E-state index contributed by atoms with van der Waals surface area (Å²) in [7, 11) is 1.56. The van der Waals surface area contributed by atoms with E-state index in [1.165, 1.54) is 0 Å². The minimum atomic E-state index is -0.0792. The molecule has 0 radical (unpaired) electrons. The van der Waals surface area contributed by atoms with Crippen LogP contribution >= 0.6 is 0 Å². The first-order valence-electron chi connectivity index (χ1n) is 7.94. The first-order valence-corrected chi connectivity index (χ1v) is 7.94.